The number of unbranched alkanes of at least 4 members (excludes halogenated alkanes) is 1. The van der Waals surface area contributed by atoms with Gasteiger partial charge in [0.15, 0.2) is 6.56 Å². The lowest BCUT2D eigenvalue weighted by Gasteiger charge is -1.83. The Hall–Kier alpha value is 0.415. The number of hydrogen-bond donors (Lipinski definition) is 1. The minimum Gasteiger partial charge on any atom is -0.235 e. The fourth-order valence-electron chi connectivity index (χ4n) is 0.295. The first-order chi connectivity index (χ1) is 2.91. The Morgan fingerprint density at radius 2 is 2.33 bits per heavy atom. The van der Waals surface area contributed by atoms with Crippen LogP contribution in [0, 0.1) is 0 Å². The molecule has 0 aromatic rings. The van der Waals surface area contributed by atoms with Crippen LogP contribution in [-0.2, 0) is 0 Å². The van der Waals surface area contributed by atoms with Gasteiger partial charge in [0, 0.05) is 0 Å². The van der Waals surface area contributed by atoms with Crippen molar-refractivity contribution in [3.63, 3.8) is 0 Å². The summed E-state index contributed by atoms with van der Waals surface area (Å²) in [7, 11) is 0. The number of rotatable bonds is 3. The van der Waals surface area contributed by atoms with E-state index in [0.717, 1.165) is 6.32 Å². The third kappa shape index (κ3) is 4.41. The van der Waals surface area contributed by atoms with Gasteiger partial charge in [-0.15, -0.1) is 0 Å². The molecule has 0 fully saturated rings. The molecule has 2 heteroatoms. The van der Waals surface area contributed by atoms with Gasteiger partial charge in [-0.3, -0.25) is 0 Å². The van der Waals surface area contributed by atoms with Crippen LogP contribution in [0.5, 0.6) is 0 Å². The summed E-state index contributed by atoms with van der Waals surface area (Å²) in [6.07, 6.45) is 3.71. The van der Waals surface area contributed by atoms with Gasteiger partial charge in [-0.25, -0.2) is 12.5 Å². The maximum absolute atomic E-state index is 3.93. The van der Waals surface area contributed by atoms with E-state index in [-0.39, 0.29) is 0 Å². The summed E-state index contributed by atoms with van der Waals surface area (Å²) in [4.78, 5) is 0. The van der Waals surface area contributed by atoms with Gasteiger partial charge in [0.1, 0.15) is 0 Å². The number of hydrogen-bond acceptors (Lipinski definition) is 1. The maximum atomic E-state index is 3.93. The molecule has 0 heterocycles. The Morgan fingerprint density at radius 3 is 2.50 bits per heavy atom. The standard InChI is InChI=1S/C4H10BS/c1-2-3-4-5-6/h6H,2-4H2,1H3. The van der Waals surface area contributed by atoms with Gasteiger partial charge < -0.3 is 0 Å². The van der Waals surface area contributed by atoms with Gasteiger partial charge in [0.2, 0.25) is 0 Å². The second kappa shape index (κ2) is 5.41. The zero-order chi connectivity index (χ0) is 4.83. The number of thiol groups is 1. The molecule has 0 bridgehead atoms. The topological polar surface area (TPSA) is 0 Å². The van der Waals surface area contributed by atoms with Gasteiger partial charge in [-0.1, -0.05) is 26.1 Å². The van der Waals surface area contributed by atoms with Crippen LogP contribution >= 0.6 is 12.5 Å². The Kier molecular flexibility index (Phi) is 5.79. The molecule has 0 aromatic heterocycles. The van der Waals surface area contributed by atoms with E-state index in [4.69, 9.17) is 0 Å². The average molecular weight is 101 g/mol. The minimum absolute atomic E-state index is 1.15. The van der Waals surface area contributed by atoms with E-state index in [0.29, 0.717) is 0 Å². The fraction of sp³-hybridized carbons (Fsp3) is 1.00. The summed E-state index contributed by atoms with van der Waals surface area (Å²) in [6.45, 7) is 4.08. The largest absolute Gasteiger partial charge is 0.235 e. The van der Waals surface area contributed by atoms with Gasteiger partial charge in [0.05, 0.1) is 0 Å². The molecule has 0 spiro atoms. The SMILES string of the molecule is CCCC[B]S. The minimum atomic E-state index is 1.15. The Bertz CT molecular complexity index is 19.5. The fourth-order valence-corrected chi connectivity index (χ4v) is 0.478. The lowest BCUT2D eigenvalue weighted by atomic mass is 9.99. The van der Waals surface area contributed by atoms with E-state index in [2.05, 4.69) is 19.4 Å². The summed E-state index contributed by atoms with van der Waals surface area (Å²) in [5, 5.41) is 0. The highest BCUT2D eigenvalue weighted by molar-refractivity contribution is 8.06. The van der Waals surface area contributed by atoms with Crippen molar-refractivity contribution in [1.29, 1.82) is 0 Å². The molecule has 0 amide bonds. The van der Waals surface area contributed by atoms with E-state index < -0.39 is 0 Å². The molecule has 0 saturated carbocycles. The molecule has 0 unspecified atom stereocenters. The summed E-state index contributed by atoms with van der Waals surface area (Å²) in [6, 6.07) is 0. The van der Waals surface area contributed by atoms with Crippen molar-refractivity contribution in [1.82, 2.24) is 0 Å². The predicted octanol–water partition coefficient (Wildman–Crippen LogP) is 1.75. The lowest BCUT2D eigenvalue weighted by molar-refractivity contribution is 0.883. The van der Waals surface area contributed by atoms with Crippen LogP contribution in [0.15, 0.2) is 0 Å². The Labute approximate surface area is 45.9 Å². The van der Waals surface area contributed by atoms with Crippen molar-refractivity contribution in [2.24, 2.45) is 0 Å². The summed E-state index contributed by atoms with van der Waals surface area (Å²) >= 11 is 3.93. The van der Waals surface area contributed by atoms with E-state index in [1.54, 1.807) is 0 Å². The molecule has 1 radical (unpaired) electrons. The van der Waals surface area contributed by atoms with Crippen molar-refractivity contribution < 1.29 is 0 Å². The monoisotopic (exact) mass is 101 g/mol. The quantitative estimate of drug-likeness (QED) is 0.312. The molecular weight excluding hydrogens is 90.9 g/mol. The van der Waals surface area contributed by atoms with E-state index in [1.807, 2.05) is 6.56 Å². The van der Waals surface area contributed by atoms with Crippen LogP contribution in [0.2, 0.25) is 6.32 Å². The molecule has 35 valence electrons. The summed E-state index contributed by atoms with van der Waals surface area (Å²) < 4.78 is 0. The van der Waals surface area contributed by atoms with Crippen LogP contribution in [0.1, 0.15) is 19.8 Å². The first-order valence-electron chi connectivity index (χ1n) is 2.37. The molecule has 6 heavy (non-hydrogen) atoms. The molecule has 0 aliphatic carbocycles. The first-order valence-corrected chi connectivity index (χ1v) is 2.89. The normalized spacial score (nSPS) is 8.33. The molecular formula is C4H10BS. The van der Waals surface area contributed by atoms with Gasteiger partial charge in [0.25, 0.3) is 0 Å². The Morgan fingerprint density at radius 1 is 1.67 bits per heavy atom. The van der Waals surface area contributed by atoms with Gasteiger partial charge >= 0.3 is 0 Å². The highest BCUT2D eigenvalue weighted by Crippen LogP contribution is 1.92. The Balaban J connectivity index is 2.34. The van der Waals surface area contributed by atoms with Gasteiger partial charge in [-0.2, -0.15) is 0 Å². The first kappa shape index (κ1) is 6.41. The van der Waals surface area contributed by atoms with Crippen molar-refractivity contribution in [3.8, 4) is 0 Å². The zero-order valence-electron chi connectivity index (χ0n) is 4.15. The smallest absolute Gasteiger partial charge is 0.187 e. The maximum Gasteiger partial charge on any atom is 0.187 e. The molecule has 0 aliphatic heterocycles. The van der Waals surface area contributed by atoms with Crippen LogP contribution in [0.25, 0.3) is 0 Å². The van der Waals surface area contributed by atoms with Crippen molar-refractivity contribution in [2.45, 2.75) is 26.1 Å². The second-order valence-corrected chi connectivity index (χ2v) is 1.69. The molecule has 0 saturated heterocycles. The van der Waals surface area contributed by atoms with Crippen LogP contribution in [0.3, 0.4) is 0 Å². The molecule has 0 atom stereocenters. The van der Waals surface area contributed by atoms with E-state index in [9.17, 15) is 0 Å². The third-order valence-corrected chi connectivity index (χ3v) is 0.945. The van der Waals surface area contributed by atoms with Crippen LogP contribution in [0.4, 0.5) is 0 Å². The van der Waals surface area contributed by atoms with E-state index >= 15 is 0 Å². The van der Waals surface area contributed by atoms with Crippen molar-refractivity contribution in [2.75, 3.05) is 0 Å². The highest BCUT2D eigenvalue weighted by atomic mass is 32.1. The summed E-state index contributed by atoms with van der Waals surface area (Å²) in [5.41, 5.74) is 0. The second-order valence-electron chi connectivity index (χ2n) is 1.32. The predicted molar refractivity (Wildman–Crippen MR) is 34.5 cm³/mol. The average Bonchev–Trinajstić information content (AvgIpc) is 1.61. The molecule has 0 N–H and O–H groups in total. The molecule has 0 aromatic carbocycles. The van der Waals surface area contributed by atoms with Crippen molar-refractivity contribution >= 4 is 19.0 Å². The van der Waals surface area contributed by atoms with Crippen molar-refractivity contribution in [3.05, 3.63) is 0 Å². The zero-order valence-corrected chi connectivity index (χ0v) is 5.04. The lowest BCUT2D eigenvalue weighted by Crippen LogP contribution is -1.73. The molecule has 0 aliphatic rings. The molecule has 0 rings (SSSR count). The highest BCUT2D eigenvalue weighted by Gasteiger charge is 1.78. The summed E-state index contributed by atoms with van der Waals surface area (Å²) in [5.74, 6) is 0. The molecule has 0 nitrogen and oxygen atoms in total. The van der Waals surface area contributed by atoms with Crippen LogP contribution in [-0.4, -0.2) is 6.56 Å². The van der Waals surface area contributed by atoms with Crippen LogP contribution < -0.4 is 0 Å². The third-order valence-electron chi connectivity index (χ3n) is 0.687. The van der Waals surface area contributed by atoms with E-state index in [1.165, 1.54) is 12.8 Å². The van der Waals surface area contributed by atoms with Gasteiger partial charge in [-0.05, 0) is 0 Å².